The zero-order valence-corrected chi connectivity index (χ0v) is 12.5. The topological polar surface area (TPSA) is 29.5 Å². The van der Waals surface area contributed by atoms with Gasteiger partial charge in [0.1, 0.15) is 0 Å². The lowest BCUT2D eigenvalue weighted by Crippen LogP contribution is -2.35. The molecule has 0 aromatic carbocycles. The number of ether oxygens (including phenoxy) is 1. The fourth-order valence-corrected chi connectivity index (χ4v) is 2.98. The molecule has 2 heteroatoms. The predicted octanol–water partition coefficient (Wildman–Crippen LogP) is 3.94. The van der Waals surface area contributed by atoms with E-state index in [4.69, 9.17) is 9.84 Å². The van der Waals surface area contributed by atoms with Crippen LogP contribution in [-0.4, -0.2) is 24.4 Å². The van der Waals surface area contributed by atoms with E-state index in [0.717, 1.165) is 18.8 Å². The maximum atomic E-state index is 8.82. The zero-order valence-electron chi connectivity index (χ0n) is 12.5. The Hall–Kier alpha value is -0.340. The Morgan fingerprint density at radius 2 is 2.22 bits per heavy atom. The quantitative estimate of drug-likeness (QED) is 0.551. The molecule has 0 saturated carbocycles. The molecule has 0 fully saturated rings. The second-order valence-corrected chi connectivity index (χ2v) is 5.93. The minimum Gasteiger partial charge on any atom is -0.396 e. The lowest BCUT2D eigenvalue weighted by Gasteiger charge is -2.40. The molecule has 0 heterocycles. The molecule has 0 radical (unpaired) electrons. The molecule has 1 N–H and O–H groups in total. The molecule has 0 saturated heterocycles. The largest absolute Gasteiger partial charge is 0.396 e. The van der Waals surface area contributed by atoms with Gasteiger partial charge in [-0.25, -0.2) is 0 Å². The molecule has 0 spiro atoms. The average molecular weight is 254 g/mol. The van der Waals surface area contributed by atoms with Crippen LogP contribution in [0.1, 0.15) is 59.8 Å². The first-order chi connectivity index (χ1) is 8.55. The van der Waals surface area contributed by atoms with Crippen molar-refractivity contribution in [3.63, 3.8) is 0 Å². The fraction of sp³-hybridized carbons (Fsp3) is 0.875. The Morgan fingerprint density at radius 3 is 2.78 bits per heavy atom. The van der Waals surface area contributed by atoms with Crippen molar-refractivity contribution >= 4 is 0 Å². The van der Waals surface area contributed by atoms with Crippen molar-refractivity contribution in [3.05, 3.63) is 11.6 Å². The maximum Gasteiger partial charge on any atom is 0.0635 e. The third-order valence-electron chi connectivity index (χ3n) is 4.44. The van der Waals surface area contributed by atoms with Gasteiger partial charge in [-0.1, -0.05) is 38.8 Å². The van der Waals surface area contributed by atoms with Crippen LogP contribution in [0.25, 0.3) is 0 Å². The van der Waals surface area contributed by atoms with Gasteiger partial charge in [0, 0.05) is 18.6 Å². The first-order valence-corrected chi connectivity index (χ1v) is 7.48. The second kappa shape index (κ2) is 7.30. The number of hydrogen-bond acceptors (Lipinski definition) is 2. The van der Waals surface area contributed by atoms with Crippen LogP contribution in [0.5, 0.6) is 0 Å². The van der Waals surface area contributed by atoms with Gasteiger partial charge in [-0.15, -0.1) is 0 Å². The minimum absolute atomic E-state index is 0.166. The molecule has 0 aromatic rings. The number of rotatable bonds is 7. The summed E-state index contributed by atoms with van der Waals surface area (Å²) >= 11 is 0. The molecule has 106 valence electrons. The lowest BCUT2D eigenvalue weighted by atomic mass is 9.69. The van der Waals surface area contributed by atoms with Gasteiger partial charge in [-0.3, -0.25) is 0 Å². The van der Waals surface area contributed by atoms with Gasteiger partial charge in [0.2, 0.25) is 0 Å². The molecule has 1 aliphatic carbocycles. The van der Waals surface area contributed by atoms with Crippen LogP contribution in [0, 0.1) is 11.3 Å². The van der Waals surface area contributed by atoms with Crippen LogP contribution in [-0.2, 0) is 4.74 Å². The lowest BCUT2D eigenvalue weighted by molar-refractivity contribution is -0.0181. The first-order valence-electron chi connectivity index (χ1n) is 7.48. The highest BCUT2D eigenvalue weighted by molar-refractivity contribution is 5.15. The van der Waals surface area contributed by atoms with Gasteiger partial charge in [0.05, 0.1) is 6.10 Å². The van der Waals surface area contributed by atoms with Gasteiger partial charge in [0.25, 0.3) is 0 Å². The number of aliphatic hydroxyl groups is 1. The minimum atomic E-state index is 0.166. The molecule has 0 amide bonds. The highest BCUT2D eigenvalue weighted by Crippen LogP contribution is 2.42. The predicted molar refractivity (Wildman–Crippen MR) is 76.6 cm³/mol. The van der Waals surface area contributed by atoms with Gasteiger partial charge < -0.3 is 9.84 Å². The molecule has 0 aromatic heterocycles. The zero-order chi connectivity index (χ0) is 13.6. The smallest absolute Gasteiger partial charge is 0.0635 e. The number of allylic oxidation sites excluding steroid dienone is 1. The van der Waals surface area contributed by atoms with Crippen molar-refractivity contribution in [1.29, 1.82) is 0 Å². The van der Waals surface area contributed by atoms with Crippen LogP contribution in [0.4, 0.5) is 0 Å². The standard InChI is InChI=1S/C16H30O2/c1-5-14-10-15(6-2)12-16(4,11-14)13(3)18-9-7-8-17/h11,13,15,17H,5-10,12H2,1-4H3. The summed E-state index contributed by atoms with van der Waals surface area (Å²) in [6.45, 7) is 9.94. The average Bonchev–Trinajstić information content (AvgIpc) is 2.38. The van der Waals surface area contributed by atoms with E-state index in [0.29, 0.717) is 6.61 Å². The molecule has 3 unspecified atom stereocenters. The number of hydrogen-bond donors (Lipinski definition) is 1. The molecular formula is C16H30O2. The van der Waals surface area contributed by atoms with Crippen LogP contribution in [0.15, 0.2) is 11.6 Å². The van der Waals surface area contributed by atoms with E-state index >= 15 is 0 Å². The molecule has 2 nitrogen and oxygen atoms in total. The van der Waals surface area contributed by atoms with Gasteiger partial charge in [-0.2, -0.15) is 0 Å². The molecule has 3 atom stereocenters. The van der Waals surface area contributed by atoms with Crippen molar-refractivity contribution in [1.82, 2.24) is 0 Å². The van der Waals surface area contributed by atoms with E-state index in [2.05, 4.69) is 33.8 Å². The summed E-state index contributed by atoms with van der Waals surface area (Å²) in [6, 6.07) is 0. The number of aliphatic hydroxyl groups excluding tert-OH is 1. The van der Waals surface area contributed by atoms with E-state index in [-0.39, 0.29) is 18.1 Å². The second-order valence-electron chi connectivity index (χ2n) is 5.93. The monoisotopic (exact) mass is 254 g/mol. The highest BCUT2D eigenvalue weighted by Gasteiger charge is 2.35. The van der Waals surface area contributed by atoms with Crippen molar-refractivity contribution in [2.24, 2.45) is 11.3 Å². The normalized spacial score (nSPS) is 30.1. The SMILES string of the molecule is CCC1=CC(C)(C(C)OCCCO)CC(CC)C1. The van der Waals surface area contributed by atoms with Crippen LogP contribution >= 0.6 is 0 Å². The van der Waals surface area contributed by atoms with Crippen molar-refractivity contribution in [3.8, 4) is 0 Å². The third kappa shape index (κ3) is 4.10. The summed E-state index contributed by atoms with van der Waals surface area (Å²) in [6.07, 6.45) is 8.36. The molecule has 0 bridgehead atoms. The first kappa shape index (κ1) is 15.7. The van der Waals surface area contributed by atoms with Crippen LogP contribution in [0.3, 0.4) is 0 Å². The van der Waals surface area contributed by atoms with Gasteiger partial charge in [-0.05, 0) is 38.5 Å². The van der Waals surface area contributed by atoms with E-state index in [1.807, 2.05) is 0 Å². The van der Waals surface area contributed by atoms with E-state index in [1.54, 1.807) is 5.57 Å². The van der Waals surface area contributed by atoms with E-state index < -0.39 is 0 Å². The molecule has 1 aliphatic rings. The molecule has 18 heavy (non-hydrogen) atoms. The van der Waals surface area contributed by atoms with Gasteiger partial charge >= 0.3 is 0 Å². The summed E-state index contributed by atoms with van der Waals surface area (Å²) in [5.41, 5.74) is 1.76. The Morgan fingerprint density at radius 1 is 1.50 bits per heavy atom. The summed E-state index contributed by atoms with van der Waals surface area (Å²) in [7, 11) is 0. The van der Waals surface area contributed by atoms with Gasteiger partial charge in [0.15, 0.2) is 0 Å². The fourth-order valence-electron chi connectivity index (χ4n) is 2.98. The van der Waals surface area contributed by atoms with Crippen molar-refractivity contribution in [2.75, 3.05) is 13.2 Å². The summed E-state index contributed by atoms with van der Waals surface area (Å²) in [5.74, 6) is 0.804. The van der Waals surface area contributed by atoms with E-state index in [1.165, 1.54) is 19.3 Å². The van der Waals surface area contributed by atoms with Crippen LogP contribution in [0.2, 0.25) is 0 Å². The third-order valence-corrected chi connectivity index (χ3v) is 4.44. The van der Waals surface area contributed by atoms with Crippen molar-refractivity contribution < 1.29 is 9.84 Å². The Bertz CT molecular complexity index is 272. The Balaban J connectivity index is 2.69. The van der Waals surface area contributed by atoms with E-state index in [9.17, 15) is 0 Å². The summed E-state index contributed by atoms with van der Waals surface area (Å²) < 4.78 is 5.91. The molecular weight excluding hydrogens is 224 g/mol. The Labute approximate surface area is 112 Å². The maximum absolute atomic E-state index is 8.82. The summed E-state index contributed by atoms with van der Waals surface area (Å²) in [4.78, 5) is 0. The Kier molecular flexibility index (Phi) is 6.37. The van der Waals surface area contributed by atoms with Crippen molar-refractivity contribution in [2.45, 2.75) is 65.9 Å². The highest BCUT2D eigenvalue weighted by atomic mass is 16.5. The van der Waals surface area contributed by atoms with Crippen LogP contribution < -0.4 is 0 Å². The molecule has 1 rings (SSSR count). The molecule has 0 aliphatic heterocycles. The summed E-state index contributed by atoms with van der Waals surface area (Å²) in [5, 5.41) is 8.82.